The van der Waals surface area contributed by atoms with Crippen LogP contribution in [0.1, 0.15) is 258 Å². The minimum absolute atomic E-state index is 0.968. The van der Waals surface area contributed by atoms with E-state index in [1.165, 1.54) is 238 Å². The molecule has 1 atom stereocenters. The third kappa shape index (κ3) is 36.2. The largest absolute Gasteiger partial charge is 0.0654 e. The van der Waals surface area contributed by atoms with Gasteiger partial charge in [0, 0.05) is 0 Å². The van der Waals surface area contributed by atoms with E-state index >= 15 is 0 Å². The Morgan fingerprint density at radius 1 is 0.262 bits per heavy atom. The highest BCUT2D eigenvalue weighted by Crippen LogP contribution is 2.23. The Bertz CT molecular complexity index is 439. The SMILES string of the molecule is [CH2]CCC(CCCCCCCCCCCCCC)CCCCCCCCCCCCCCCCCCCCCCCC. The van der Waals surface area contributed by atoms with E-state index in [1.807, 2.05) is 0 Å². The van der Waals surface area contributed by atoms with Gasteiger partial charge in [-0.2, -0.15) is 0 Å². The summed E-state index contributed by atoms with van der Waals surface area (Å²) < 4.78 is 0. The molecular weight excluding hydrogens is 504 g/mol. The van der Waals surface area contributed by atoms with E-state index < -0.39 is 0 Å². The summed E-state index contributed by atoms with van der Waals surface area (Å²) in [6, 6.07) is 0. The van der Waals surface area contributed by atoms with Gasteiger partial charge in [-0.3, -0.25) is 0 Å². The summed E-state index contributed by atoms with van der Waals surface area (Å²) in [5.41, 5.74) is 0. The van der Waals surface area contributed by atoms with E-state index in [-0.39, 0.29) is 0 Å². The van der Waals surface area contributed by atoms with Gasteiger partial charge in [-0.15, -0.1) is 0 Å². The molecule has 0 aromatic rings. The fraction of sp³-hybridized carbons (Fsp3) is 0.976. The van der Waals surface area contributed by atoms with E-state index in [0.29, 0.717) is 0 Å². The fourth-order valence-electron chi connectivity index (χ4n) is 7.04. The van der Waals surface area contributed by atoms with Crippen molar-refractivity contribution in [3.8, 4) is 0 Å². The molecule has 0 spiro atoms. The third-order valence-corrected chi connectivity index (χ3v) is 10.0. The van der Waals surface area contributed by atoms with Crippen molar-refractivity contribution >= 4 is 0 Å². The smallest absolute Gasteiger partial charge is 0.0414 e. The molecule has 1 radical (unpaired) electrons. The molecule has 0 aromatic carbocycles. The summed E-state index contributed by atoms with van der Waals surface area (Å²) in [5.74, 6) is 0.968. The van der Waals surface area contributed by atoms with E-state index in [1.54, 1.807) is 0 Å². The Morgan fingerprint density at radius 2 is 0.452 bits per heavy atom. The van der Waals surface area contributed by atoms with Crippen LogP contribution in [0.4, 0.5) is 0 Å². The first-order valence-electron chi connectivity index (χ1n) is 20.6. The molecule has 0 aromatic heterocycles. The van der Waals surface area contributed by atoms with Crippen molar-refractivity contribution in [2.75, 3.05) is 0 Å². The molecular formula is C42H85. The minimum Gasteiger partial charge on any atom is -0.0654 e. The first kappa shape index (κ1) is 42.0. The Hall–Kier alpha value is 0. The van der Waals surface area contributed by atoms with Crippen LogP contribution in [-0.4, -0.2) is 0 Å². The van der Waals surface area contributed by atoms with Gasteiger partial charge in [0.05, 0.1) is 0 Å². The van der Waals surface area contributed by atoms with Gasteiger partial charge in [0.15, 0.2) is 0 Å². The lowest BCUT2D eigenvalue weighted by Crippen LogP contribution is -2.00. The van der Waals surface area contributed by atoms with E-state index in [2.05, 4.69) is 20.8 Å². The molecule has 42 heavy (non-hydrogen) atoms. The molecule has 0 rings (SSSR count). The molecule has 0 heteroatoms. The minimum atomic E-state index is 0.968. The van der Waals surface area contributed by atoms with Crippen LogP contribution in [0.15, 0.2) is 0 Å². The summed E-state index contributed by atoms with van der Waals surface area (Å²) in [7, 11) is 0. The fourth-order valence-corrected chi connectivity index (χ4v) is 7.04. The molecule has 0 bridgehead atoms. The maximum Gasteiger partial charge on any atom is -0.0414 e. The van der Waals surface area contributed by atoms with Crippen LogP contribution in [0.3, 0.4) is 0 Å². The zero-order valence-corrected chi connectivity index (χ0v) is 30.2. The lowest BCUT2D eigenvalue weighted by atomic mass is 9.90. The Labute approximate surface area is 270 Å². The van der Waals surface area contributed by atoms with Crippen molar-refractivity contribution in [3.05, 3.63) is 6.92 Å². The number of hydrogen-bond donors (Lipinski definition) is 0. The second-order valence-corrected chi connectivity index (χ2v) is 14.4. The van der Waals surface area contributed by atoms with Crippen molar-refractivity contribution < 1.29 is 0 Å². The van der Waals surface area contributed by atoms with Crippen LogP contribution in [0.5, 0.6) is 0 Å². The van der Waals surface area contributed by atoms with Crippen molar-refractivity contribution in [3.63, 3.8) is 0 Å². The molecule has 0 fully saturated rings. The molecule has 0 saturated heterocycles. The summed E-state index contributed by atoms with van der Waals surface area (Å²) in [4.78, 5) is 0. The van der Waals surface area contributed by atoms with Gasteiger partial charge < -0.3 is 0 Å². The maximum atomic E-state index is 4.17. The van der Waals surface area contributed by atoms with Crippen LogP contribution >= 0.6 is 0 Å². The Balaban J connectivity index is 3.31. The molecule has 0 aliphatic heterocycles. The molecule has 0 amide bonds. The topological polar surface area (TPSA) is 0 Å². The van der Waals surface area contributed by atoms with Crippen molar-refractivity contribution in [1.82, 2.24) is 0 Å². The molecule has 0 heterocycles. The van der Waals surface area contributed by atoms with E-state index in [4.69, 9.17) is 0 Å². The van der Waals surface area contributed by atoms with Crippen molar-refractivity contribution in [2.45, 2.75) is 258 Å². The quantitative estimate of drug-likeness (QED) is 0.0628. The highest BCUT2D eigenvalue weighted by atomic mass is 14.1. The molecule has 0 N–H and O–H groups in total. The lowest BCUT2D eigenvalue weighted by molar-refractivity contribution is 0.381. The van der Waals surface area contributed by atoms with Crippen molar-refractivity contribution in [2.24, 2.45) is 5.92 Å². The predicted molar refractivity (Wildman–Crippen MR) is 196 cm³/mol. The van der Waals surface area contributed by atoms with Crippen LogP contribution in [-0.2, 0) is 0 Å². The lowest BCUT2D eigenvalue weighted by Gasteiger charge is -2.16. The summed E-state index contributed by atoms with van der Waals surface area (Å²) >= 11 is 0. The van der Waals surface area contributed by atoms with Crippen molar-refractivity contribution in [1.29, 1.82) is 0 Å². The van der Waals surface area contributed by atoms with Gasteiger partial charge in [0.1, 0.15) is 0 Å². The Morgan fingerprint density at radius 3 is 0.643 bits per heavy atom. The van der Waals surface area contributed by atoms with Gasteiger partial charge in [-0.1, -0.05) is 265 Å². The second kappa shape index (κ2) is 39.0. The van der Waals surface area contributed by atoms with E-state index in [9.17, 15) is 0 Å². The van der Waals surface area contributed by atoms with Crippen LogP contribution in [0, 0.1) is 12.8 Å². The standard InChI is InChI=1S/C42H85/c1-4-7-9-11-13-15-17-19-20-21-22-23-24-25-26-27-28-30-32-34-36-38-41-42(39-6-3)40-37-35-33-31-29-18-16-14-12-10-8-5-2/h42H,3-41H2,1-2H3. The van der Waals surface area contributed by atoms with Crippen LogP contribution < -0.4 is 0 Å². The van der Waals surface area contributed by atoms with Gasteiger partial charge in [-0.05, 0) is 5.92 Å². The highest BCUT2D eigenvalue weighted by Gasteiger charge is 2.07. The normalized spacial score (nSPS) is 12.4. The summed E-state index contributed by atoms with van der Waals surface area (Å²) in [5, 5.41) is 0. The number of hydrogen-bond acceptors (Lipinski definition) is 0. The second-order valence-electron chi connectivity index (χ2n) is 14.4. The summed E-state index contributed by atoms with van der Waals surface area (Å²) in [6.45, 7) is 8.79. The molecule has 0 aliphatic rings. The zero-order valence-electron chi connectivity index (χ0n) is 30.2. The van der Waals surface area contributed by atoms with E-state index in [0.717, 1.165) is 12.3 Å². The predicted octanol–water partition coefficient (Wildman–Crippen LogP) is 16.3. The van der Waals surface area contributed by atoms with Gasteiger partial charge in [-0.25, -0.2) is 0 Å². The average Bonchev–Trinajstić information content (AvgIpc) is 3.00. The van der Waals surface area contributed by atoms with Gasteiger partial charge >= 0.3 is 0 Å². The molecule has 1 unspecified atom stereocenters. The van der Waals surface area contributed by atoms with Crippen LogP contribution in [0.25, 0.3) is 0 Å². The monoisotopic (exact) mass is 590 g/mol. The first-order chi connectivity index (χ1) is 20.8. The molecule has 253 valence electrons. The number of rotatable bonds is 38. The number of unbranched alkanes of at least 4 members (excludes halogenated alkanes) is 32. The molecule has 0 aliphatic carbocycles. The third-order valence-electron chi connectivity index (χ3n) is 10.0. The first-order valence-corrected chi connectivity index (χ1v) is 20.6. The summed E-state index contributed by atoms with van der Waals surface area (Å²) in [6.07, 6.45) is 55.6. The molecule has 0 saturated carbocycles. The average molecular weight is 590 g/mol. The zero-order chi connectivity index (χ0) is 30.4. The molecule has 0 nitrogen and oxygen atoms in total. The maximum absolute atomic E-state index is 4.17. The Kier molecular flexibility index (Phi) is 39.0. The van der Waals surface area contributed by atoms with Crippen LogP contribution in [0.2, 0.25) is 0 Å². The highest BCUT2D eigenvalue weighted by molar-refractivity contribution is 4.62. The van der Waals surface area contributed by atoms with Gasteiger partial charge in [0.25, 0.3) is 0 Å². The van der Waals surface area contributed by atoms with Gasteiger partial charge in [0.2, 0.25) is 0 Å².